The van der Waals surface area contributed by atoms with E-state index in [1.807, 2.05) is 41.3 Å². The van der Waals surface area contributed by atoms with Crippen LogP contribution < -0.4 is 5.56 Å². The summed E-state index contributed by atoms with van der Waals surface area (Å²) < 4.78 is 0. The maximum Gasteiger partial charge on any atom is 0.257 e. The standard InChI is InChI=1S/C24H24N4O2/c1-16(29)28-10-8-27(9-11-28)15-17-6-7-22-19(12-17)14-23(25-22)20-13-18-4-2-3-5-21(18)26-24(20)30/h2-7,12-14,25H,8-11,15H2,1H3,(H,26,30). The summed E-state index contributed by atoms with van der Waals surface area (Å²) in [6.07, 6.45) is 0. The van der Waals surface area contributed by atoms with Crippen LogP contribution in [0.1, 0.15) is 12.5 Å². The van der Waals surface area contributed by atoms with Crippen LogP contribution in [0.4, 0.5) is 0 Å². The Balaban J connectivity index is 1.40. The molecule has 5 rings (SSSR count). The summed E-state index contributed by atoms with van der Waals surface area (Å²) in [5, 5.41) is 2.11. The number of amides is 1. The Bertz CT molecular complexity index is 1300. The smallest absolute Gasteiger partial charge is 0.257 e. The van der Waals surface area contributed by atoms with Gasteiger partial charge in [0.1, 0.15) is 0 Å². The van der Waals surface area contributed by atoms with Crippen LogP contribution in [-0.2, 0) is 11.3 Å². The topological polar surface area (TPSA) is 72.2 Å². The number of hydrogen-bond acceptors (Lipinski definition) is 3. The number of aromatic amines is 2. The van der Waals surface area contributed by atoms with Crippen molar-refractivity contribution in [1.29, 1.82) is 0 Å². The summed E-state index contributed by atoms with van der Waals surface area (Å²) in [5.41, 5.74) is 4.47. The fourth-order valence-electron chi connectivity index (χ4n) is 4.25. The van der Waals surface area contributed by atoms with Crippen molar-refractivity contribution < 1.29 is 4.79 Å². The summed E-state index contributed by atoms with van der Waals surface area (Å²) in [7, 11) is 0. The predicted molar refractivity (Wildman–Crippen MR) is 119 cm³/mol. The summed E-state index contributed by atoms with van der Waals surface area (Å²) in [5.74, 6) is 0.152. The van der Waals surface area contributed by atoms with Crippen molar-refractivity contribution in [2.45, 2.75) is 13.5 Å². The molecule has 152 valence electrons. The SMILES string of the molecule is CC(=O)N1CCN(Cc2ccc3[nH]c(-c4cc5ccccc5[nH]c4=O)cc3c2)CC1. The van der Waals surface area contributed by atoms with Crippen molar-refractivity contribution in [3.05, 3.63) is 70.5 Å². The summed E-state index contributed by atoms with van der Waals surface area (Å²) >= 11 is 0. The van der Waals surface area contributed by atoms with Crippen LogP contribution in [0.3, 0.4) is 0 Å². The largest absolute Gasteiger partial charge is 0.354 e. The molecular weight excluding hydrogens is 376 g/mol. The van der Waals surface area contributed by atoms with E-state index < -0.39 is 0 Å². The van der Waals surface area contributed by atoms with Crippen LogP contribution in [-0.4, -0.2) is 51.9 Å². The number of fused-ring (bicyclic) bond motifs is 2. The zero-order valence-corrected chi connectivity index (χ0v) is 16.9. The van der Waals surface area contributed by atoms with Crippen LogP contribution in [0.25, 0.3) is 33.1 Å². The molecule has 3 heterocycles. The van der Waals surface area contributed by atoms with E-state index in [1.54, 1.807) is 6.92 Å². The summed E-state index contributed by atoms with van der Waals surface area (Å²) in [6.45, 7) is 5.85. The number of benzene rings is 2. The number of piperazine rings is 1. The van der Waals surface area contributed by atoms with Crippen LogP contribution in [0, 0.1) is 0 Å². The van der Waals surface area contributed by atoms with E-state index in [0.29, 0.717) is 5.56 Å². The van der Waals surface area contributed by atoms with Gasteiger partial charge in [0, 0.05) is 56.1 Å². The fourth-order valence-corrected chi connectivity index (χ4v) is 4.25. The zero-order valence-electron chi connectivity index (χ0n) is 16.9. The van der Waals surface area contributed by atoms with E-state index in [1.165, 1.54) is 5.56 Å². The highest BCUT2D eigenvalue weighted by Gasteiger charge is 2.18. The first-order valence-electron chi connectivity index (χ1n) is 10.3. The Morgan fingerprint density at radius 1 is 0.900 bits per heavy atom. The van der Waals surface area contributed by atoms with Crippen molar-refractivity contribution in [2.75, 3.05) is 26.2 Å². The first kappa shape index (κ1) is 18.6. The first-order valence-corrected chi connectivity index (χ1v) is 10.3. The van der Waals surface area contributed by atoms with Gasteiger partial charge in [0.15, 0.2) is 0 Å². The number of hydrogen-bond donors (Lipinski definition) is 2. The average molecular weight is 400 g/mol. The molecule has 0 unspecified atom stereocenters. The van der Waals surface area contributed by atoms with Gasteiger partial charge in [-0.15, -0.1) is 0 Å². The molecule has 2 N–H and O–H groups in total. The van der Waals surface area contributed by atoms with E-state index in [9.17, 15) is 9.59 Å². The lowest BCUT2D eigenvalue weighted by molar-refractivity contribution is -0.130. The molecule has 6 nitrogen and oxygen atoms in total. The number of para-hydroxylation sites is 1. The van der Waals surface area contributed by atoms with Gasteiger partial charge in [0.25, 0.3) is 5.56 Å². The van der Waals surface area contributed by atoms with Crippen LogP contribution in [0.15, 0.2) is 59.4 Å². The third-order valence-electron chi connectivity index (χ3n) is 5.95. The number of nitrogens with zero attached hydrogens (tertiary/aromatic N) is 2. The summed E-state index contributed by atoms with van der Waals surface area (Å²) in [4.78, 5) is 34.7. The molecule has 0 bridgehead atoms. The normalized spacial score (nSPS) is 15.2. The zero-order chi connectivity index (χ0) is 20.7. The molecule has 2 aromatic carbocycles. The Hall–Kier alpha value is -3.38. The van der Waals surface area contributed by atoms with Crippen LogP contribution in [0.2, 0.25) is 0 Å². The highest BCUT2D eigenvalue weighted by Crippen LogP contribution is 2.25. The average Bonchev–Trinajstić information content (AvgIpc) is 3.16. The third kappa shape index (κ3) is 3.50. The first-order chi connectivity index (χ1) is 14.6. The second-order valence-corrected chi connectivity index (χ2v) is 7.99. The van der Waals surface area contributed by atoms with E-state index in [-0.39, 0.29) is 11.5 Å². The second-order valence-electron chi connectivity index (χ2n) is 7.99. The molecule has 6 heteroatoms. The minimum atomic E-state index is -0.0937. The maximum atomic E-state index is 12.6. The number of H-pyrrole nitrogens is 2. The molecule has 0 atom stereocenters. The van der Waals surface area contributed by atoms with Gasteiger partial charge in [-0.2, -0.15) is 0 Å². The molecule has 1 amide bonds. The van der Waals surface area contributed by atoms with E-state index in [2.05, 4.69) is 33.1 Å². The lowest BCUT2D eigenvalue weighted by Crippen LogP contribution is -2.47. The molecule has 30 heavy (non-hydrogen) atoms. The Morgan fingerprint density at radius 3 is 2.47 bits per heavy atom. The molecule has 2 aromatic heterocycles. The van der Waals surface area contributed by atoms with Gasteiger partial charge in [-0.05, 0) is 41.3 Å². The van der Waals surface area contributed by atoms with Gasteiger partial charge in [-0.3, -0.25) is 14.5 Å². The maximum absolute atomic E-state index is 12.6. The van der Waals surface area contributed by atoms with Crippen LogP contribution in [0.5, 0.6) is 0 Å². The lowest BCUT2D eigenvalue weighted by atomic mass is 10.1. The molecule has 4 aromatic rings. The lowest BCUT2D eigenvalue weighted by Gasteiger charge is -2.34. The van der Waals surface area contributed by atoms with Gasteiger partial charge in [0.05, 0.1) is 11.3 Å². The quantitative estimate of drug-likeness (QED) is 0.554. The van der Waals surface area contributed by atoms with E-state index >= 15 is 0 Å². The molecule has 1 fully saturated rings. The molecule has 1 aliphatic heterocycles. The van der Waals surface area contributed by atoms with Crippen LogP contribution >= 0.6 is 0 Å². The Labute approximate surface area is 174 Å². The highest BCUT2D eigenvalue weighted by molar-refractivity contribution is 5.89. The number of carbonyl (C=O) groups excluding carboxylic acids is 1. The van der Waals surface area contributed by atoms with Gasteiger partial charge < -0.3 is 14.9 Å². The molecule has 1 aliphatic rings. The number of rotatable bonds is 3. The number of pyridine rings is 1. The van der Waals surface area contributed by atoms with Crippen molar-refractivity contribution >= 4 is 27.7 Å². The number of nitrogens with one attached hydrogen (secondary N) is 2. The third-order valence-corrected chi connectivity index (χ3v) is 5.95. The van der Waals surface area contributed by atoms with Gasteiger partial charge in [0.2, 0.25) is 5.91 Å². The second kappa shape index (κ2) is 7.46. The van der Waals surface area contributed by atoms with Gasteiger partial charge in [-0.25, -0.2) is 0 Å². The fraction of sp³-hybridized carbons (Fsp3) is 0.250. The van der Waals surface area contributed by atoms with Gasteiger partial charge >= 0.3 is 0 Å². The predicted octanol–water partition coefficient (Wildman–Crippen LogP) is 3.34. The minimum Gasteiger partial charge on any atom is -0.354 e. The highest BCUT2D eigenvalue weighted by atomic mass is 16.2. The summed E-state index contributed by atoms with van der Waals surface area (Å²) in [6, 6.07) is 18.2. The molecule has 1 saturated heterocycles. The monoisotopic (exact) mass is 400 g/mol. The molecule has 0 saturated carbocycles. The molecular formula is C24H24N4O2. The van der Waals surface area contributed by atoms with E-state index in [0.717, 1.165) is 60.2 Å². The van der Waals surface area contributed by atoms with Gasteiger partial charge in [-0.1, -0.05) is 24.3 Å². The molecule has 0 aliphatic carbocycles. The van der Waals surface area contributed by atoms with Crippen molar-refractivity contribution in [3.63, 3.8) is 0 Å². The van der Waals surface area contributed by atoms with E-state index in [4.69, 9.17) is 0 Å². The number of carbonyl (C=O) groups is 1. The van der Waals surface area contributed by atoms with Crippen molar-refractivity contribution in [3.8, 4) is 11.3 Å². The molecule has 0 spiro atoms. The number of aromatic nitrogens is 2. The molecule has 0 radical (unpaired) electrons. The Morgan fingerprint density at radius 2 is 1.67 bits per heavy atom. The minimum absolute atomic E-state index is 0.0937. The van der Waals surface area contributed by atoms with Crippen molar-refractivity contribution in [1.82, 2.24) is 19.8 Å². The van der Waals surface area contributed by atoms with Crippen molar-refractivity contribution in [2.24, 2.45) is 0 Å². The Kier molecular flexibility index (Phi) is 4.64.